The number of carbonyl (C=O) groups excluding carboxylic acids is 4. The monoisotopic (exact) mass is 357 g/mol. The molecule has 136 valence electrons. The summed E-state index contributed by atoms with van der Waals surface area (Å²) >= 11 is 0. The lowest BCUT2D eigenvalue weighted by Crippen LogP contribution is -2.41. The molecule has 8 nitrogen and oxygen atoms in total. The number of amides is 3. The van der Waals surface area contributed by atoms with Crippen molar-refractivity contribution in [1.29, 1.82) is 0 Å². The molecule has 0 saturated carbocycles. The van der Waals surface area contributed by atoms with Crippen LogP contribution < -0.4 is 4.90 Å². The minimum Gasteiger partial charge on any atom is -0.461 e. The number of aryl methyl sites for hydroxylation is 2. The van der Waals surface area contributed by atoms with Crippen LogP contribution in [-0.2, 0) is 23.9 Å². The summed E-state index contributed by atoms with van der Waals surface area (Å²) < 4.78 is 4.94. The number of esters is 1. The molecule has 8 heteroatoms. The predicted octanol–water partition coefficient (Wildman–Crippen LogP) is 0.943. The van der Waals surface area contributed by atoms with Gasteiger partial charge in [-0.1, -0.05) is 6.07 Å². The molecule has 0 radical (unpaired) electrons. The molecule has 0 aliphatic carbocycles. The second kappa shape index (κ2) is 6.36. The van der Waals surface area contributed by atoms with Crippen LogP contribution in [0.1, 0.15) is 25.0 Å². The van der Waals surface area contributed by atoms with Gasteiger partial charge in [0.1, 0.15) is 5.92 Å². The Labute approximate surface area is 150 Å². The van der Waals surface area contributed by atoms with Crippen LogP contribution >= 0.6 is 0 Å². The summed E-state index contributed by atoms with van der Waals surface area (Å²) in [7, 11) is 0. The van der Waals surface area contributed by atoms with Gasteiger partial charge in [-0.3, -0.25) is 14.4 Å². The molecule has 0 aromatic heterocycles. The zero-order chi connectivity index (χ0) is 19.2. The number of benzene rings is 1. The Morgan fingerprint density at radius 1 is 1.12 bits per heavy atom. The van der Waals surface area contributed by atoms with Crippen LogP contribution in [-0.4, -0.2) is 47.1 Å². The molecule has 0 N–H and O–H groups in total. The van der Waals surface area contributed by atoms with Crippen molar-refractivity contribution in [2.24, 2.45) is 11.0 Å². The summed E-state index contributed by atoms with van der Waals surface area (Å²) in [5.41, 5.74) is 1.98. The topological polar surface area (TPSA) is 96.3 Å². The van der Waals surface area contributed by atoms with E-state index in [0.29, 0.717) is 5.69 Å². The maximum atomic E-state index is 13.0. The second-order valence-corrected chi connectivity index (χ2v) is 6.35. The molecule has 0 spiro atoms. The van der Waals surface area contributed by atoms with Gasteiger partial charge in [0.25, 0.3) is 5.91 Å². The summed E-state index contributed by atoms with van der Waals surface area (Å²) in [6, 6.07) is 4.19. The molecule has 2 aliphatic heterocycles. The maximum Gasteiger partial charge on any atom is 0.355 e. The number of carbonyl (C=O) groups is 4. The number of imide groups is 1. The van der Waals surface area contributed by atoms with Gasteiger partial charge >= 0.3 is 5.97 Å². The van der Waals surface area contributed by atoms with Crippen LogP contribution in [0.15, 0.2) is 23.3 Å². The number of fused-ring (bicyclic) bond motifs is 1. The smallest absolute Gasteiger partial charge is 0.355 e. The van der Waals surface area contributed by atoms with Gasteiger partial charge in [0.05, 0.1) is 12.3 Å². The summed E-state index contributed by atoms with van der Waals surface area (Å²) in [5, 5.41) is 4.81. The molecule has 26 heavy (non-hydrogen) atoms. The number of nitrogens with zero attached hydrogens (tertiary/aromatic N) is 3. The van der Waals surface area contributed by atoms with Crippen LogP contribution in [0.5, 0.6) is 0 Å². The lowest BCUT2D eigenvalue weighted by atomic mass is 9.98. The number of rotatable bonds is 3. The zero-order valence-corrected chi connectivity index (χ0v) is 15.0. The van der Waals surface area contributed by atoms with Crippen LogP contribution in [0.3, 0.4) is 0 Å². The van der Waals surface area contributed by atoms with Gasteiger partial charge in [-0.25, -0.2) is 14.7 Å². The highest BCUT2D eigenvalue weighted by Crippen LogP contribution is 2.36. The van der Waals surface area contributed by atoms with E-state index < -0.39 is 35.7 Å². The Morgan fingerprint density at radius 3 is 2.27 bits per heavy atom. The first-order chi connectivity index (χ1) is 12.3. The largest absolute Gasteiger partial charge is 0.461 e. The Hall–Kier alpha value is -3.03. The highest BCUT2D eigenvalue weighted by molar-refractivity contribution is 6.47. The first kappa shape index (κ1) is 17.8. The van der Waals surface area contributed by atoms with E-state index in [2.05, 4.69) is 5.10 Å². The zero-order valence-electron chi connectivity index (χ0n) is 15.0. The fraction of sp³-hybridized carbons (Fsp3) is 0.389. The van der Waals surface area contributed by atoms with E-state index in [4.69, 9.17) is 4.74 Å². The summed E-state index contributed by atoms with van der Waals surface area (Å²) in [5.74, 6) is -3.63. The lowest BCUT2D eigenvalue weighted by molar-refractivity contribution is -0.136. The van der Waals surface area contributed by atoms with E-state index in [1.807, 2.05) is 19.9 Å². The predicted molar refractivity (Wildman–Crippen MR) is 92.3 cm³/mol. The average molecular weight is 357 g/mol. The van der Waals surface area contributed by atoms with Crippen LogP contribution in [0.4, 0.5) is 5.69 Å². The summed E-state index contributed by atoms with van der Waals surface area (Å²) in [6.07, 6.45) is 0. The van der Waals surface area contributed by atoms with Crippen molar-refractivity contribution in [3.63, 3.8) is 0 Å². The van der Waals surface area contributed by atoms with Gasteiger partial charge in [0.15, 0.2) is 11.8 Å². The van der Waals surface area contributed by atoms with Gasteiger partial charge in [-0.15, -0.1) is 0 Å². The van der Waals surface area contributed by atoms with E-state index in [1.54, 1.807) is 19.1 Å². The van der Waals surface area contributed by atoms with E-state index in [-0.39, 0.29) is 12.3 Å². The third-order valence-electron chi connectivity index (χ3n) is 4.32. The van der Waals surface area contributed by atoms with Gasteiger partial charge in [0, 0.05) is 6.92 Å². The minimum atomic E-state index is -1.15. The lowest BCUT2D eigenvalue weighted by Gasteiger charge is -2.19. The molecule has 0 bridgehead atoms. The third-order valence-corrected chi connectivity index (χ3v) is 4.32. The number of ether oxygens (including phenoxy) is 1. The van der Waals surface area contributed by atoms with Gasteiger partial charge in [-0.2, -0.15) is 5.10 Å². The SMILES string of the molecule is CCOC(=O)C1=NN(C(C)=O)[C@H]2C(=O)N(c3cc(C)cc(C)c3)C(=O)[C@@H]12. The van der Waals surface area contributed by atoms with Gasteiger partial charge in [0.2, 0.25) is 11.8 Å². The van der Waals surface area contributed by atoms with E-state index in [1.165, 1.54) is 6.92 Å². The minimum absolute atomic E-state index is 0.0955. The van der Waals surface area contributed by atoms with Gasteiger partial charge in [-0.05, 0) is 44.0 Å². The van der Waals surface area contributed by atoms with Crippen molar-refractivity contribution in [2.45, 2.75) is 33.7 Å². The highest BCUT2D eigenvalue weighted by atomic mass is 16.5. The van der Waals surface area contributed by atoms with Crippen LogP contribution in [0, 0.1) is 19.8 Å². The Kier molecular flexibility index (Phi) is 4.35. The molecule has 1 saturated heterocycles. The summed E-state index contributed by atoms with van der Waals surface area (Å²) in [4.78, 5) is 51.0. The molecule has 2 aliphatic rings. The molecule has 1 aromatic carbocycles. The standard InChI is InChI=1S/C18H19N3O5/c1-5-26-18(25)14-13-15(21(19-14)11(4)22)17(24)20(16(13)23)12-7-9(2)6-10(3)8-12/h6-8,13,15H,5H2,1-4H3/t13-,15+/m0/s1. The number of hydrazone groups is 1. The van der Waals surface area contributed by atoms with E-state index in [0.717, 1.165) is 21.0 Å². The fourth-order valence-electron chi connectivity index (χ4n) is 3.38. The first-order valence-electron chi connectivity index (χ1n) is 8.27. The molecular weight excluding hydrogens is 338 g/mol. The van der Waals surface area contributed by atoms with E-state index in [9.17, 15) is 19.2 Å². The quantitative estimate of drug-likeness (QED) is 0.593. The average Bonchev–Trinajstić information content (AvgIpc) is 3.04. The molecule has 3 rings (SSSR count). The van der Waals surface area contributed by atoms with Gasteiger partial charge < -0.3 is 4.74 Å². The van der Waals surface area contributed by atoms with Crippen molar-refractivity contribution in [2.75, 3.05) is 11.5 Å². The second-order valence-electron chi connectivity index (χ2n) is 6.35. The Morgan fingerprint density at radius 2 is 1.73 bits per heavy atom. The number of hydrogen-bond acceptors (Lipinski definition) is 6. The normalized spacial score (nSPS) is 21.8. The van der Waals surface area contributed by atoms with Crippen molar-refractivity contribution in [1.82, 2.24) is 5.01 Å². The Balaban J connectivity index is 2.06. The molecule has 0 unspecified atom stereocenters. The molecule has 2 atom stereocenters. The van der Waals surface area contributed by atoms with Crippen molar-refractivity contribution in [3.8, 4) is 0 Å². The highest BCUT2D eigenvalue weighted by Gasteiger charge is 2.59. The molecule has 3 amide bonds. The third kappa shape index (κ3) is 2.67. The van der Waals surface area contributed by atoms with Crippen molar-refractivity contribution in [3.05, 3.63) is 29.3 Å². The maximum absolute atomic E-state index is 13.0. The van der Waals surface area contributed by atoms with Crippen LogP contribution in [0.2, 0.25) is 0 Å². The number of anilines is 1. The number of hydrogen-bond donors (Lipinski definition) is 0. The molecule has 2 heterocycles. The van der Waals surface area contributed by atoms with Crippen molar-refractivity contribution < 1.29 is 23.9 Å². The van der Waals surface area contributed by atoms with Crippen LogP contribution in [0.25, 0.3) is 0 Å². The van der Waals surface area contributed by atoms with E-state index >= 15 is 0 Å². The molecular formula is C18H19N3O5. The molecule has 1 fully saturated rings. The van der Waals surface area contributed by atoms with Crippen molar-refractivity contribution >= 4 is 35.1 Å². The molecule has 1 aromatic rings. The first-order valence-corrected chi connectivity index (χ1v) is 8.27. The summed E-state index contributed by atoms with van der Waals surface area (Å²) in [6.45, 7) is 6.66. The Bertz CT molecular complexity index is 840. The fourth-order valence-corrected chi connectivity index (χ4v) is 3.38.